The lowest BCUT2D eigenvalue weighted by Crippen LogP contribution is -2.24. The van der Waals surface area contributed by atoms with Gasteiger partial charge in [0.25, 0.3) is 0 Å². The maximum Gasteiger partial charge on any atom is 0.241 e. The van der Waals surface area contributed by atoms with Crippen molar-refractivity contribution in [2.24, 2.45) is 0 Å². The molecule has 124 valence electrons. The first-order chi connectivity index (χ1) is 10.9. The van der Waals surface area contributed by atoms with Gasteiger partial charge in [0.15, 0.2) is 0 Å². The molecule has 0 spiro atoms. The molecule has 0 unspecified atom stereocenters. The van der Waals surface area contributed by atoms with Crippen molar-refractivity contribution in [3.63, 3.8) is 0 Å². The largest absolute Gasteiger partial charge is 0.496 e. The van der Waals surface area contributed by atoms with Gasteiger partial charge in [0.05, 0.1) is 24.7 Å². The average Bonchev–Trinajstić information content (AvgIpc) is 2.54. The maximum atomic E-state index is 12.6. The second-order valence-electron chi connectivity index (χ2n) is 5.23. The van der Waals surface area contributed by atoms with Crippen LogP contribution in [-0.2, 0) is 16.6 Å². The Bertz CT molecular complexity index is 778. The third-order valence-electron chi connectivity index (χ3n) is 3.60. The monoisotopic (exact) mass is 335 g/mol. The molecule has 6 heteroatoms. The fourth-order valence-electron chi connectivity index (χ4n) is 2.34. The number of benzene rings is 2. The Morgan fingerprint density at radius 1 is 1.00 bits per heavy atom. The maximum absolute atomic E-state index is 12.6. The Hall–Kier alpha value is -2.05. The smallest absolute Gasteiger partial charge is 0.241 e. The summed E-state index contributed by atoms with van der Waals surface area (Å²) >= 11 is 0. The lowest BCUT2D eigenvalue weighted by atomic mass is 10.2. The molecule has 5 nitrogen and oxygen atoms in total. The highest BCUT2D eigenvalue weighted by Gasteiger charge is 2.19. The fourth-order valence-corrected chi connectivity index (χ4v) is 3.67. The van der Waals surface area contributed by atoms with Crippen molar-refractivity contribution < 1.29 is 17.9 Å². The van der Waals surface area contributed by atoms with Crippen LogP contribution in [0.25, 0.3) is 0 Å². The van der Waals surface area contributed by atoms with Crippen LogP contribution in [0.2, 0.25) is 0 Å². The minimum absolute atomic E-state index is 0.0862. The minimum Gasteiger partial charge on any atom is -0.496 e. The van der Waals surface area contributed by atoms with Gasteiger partial charge in [-0.2, -0.15) is 0 Å². The van der Waals surface area contributed by atoms with E-state index >= 15 is 0 Å². The Labute approximate surface area is 137 Å². The van der Waals surface area contributed by atoms with Gasteiger partial charge >= 0.3 is 0 Å². The summed E-state index contributed by atoms with van der Waals surface area (Å²) in [5, 5.41) is 0. The van der Waals surface area contributed by atoms with E-state index in [1.807, 2.05) is 13.0 Å². The lowest BCUT2D eigenvalue weighted by molar-refractivity contribution is 0.384. The van der Waals surface area contributed by atoms with Crippen LogP contribution >= 0.6 is 0 Å². The van der Waals surface area contributed by atoms with E-state index in [9.17, 15) is 8.42 Å². The van der Waals surface area contributed by atoms with Gasteiger partial charge in [0.2, 0.25) is 10.0 Å². The molecule has 0 radical (unpaired) electrons. The topological polar surface area (TPSA) is 64.6 Å². The molecule has 23 heavy (non-hydrogen) atoms. The van der Waals surface area contributed by atoms with E-state index in [0.717, 1.165) is 5.56 Å². The zero-order valence-electron chi connectivity index (χ0n) is 13.7. The van der Waals surface area contributed by atoms with Gasteiger partial charge in [-0.25, -0.2) is 13.1 Å². The Kier molecular flexibility index (Phi) is 5.28. The number of nitrogens with one attached hydrogen (secondary N) is 1. The van der Waals surface area contributed by atoms with Gasteiger partial charge in [-0.05, 0) is 43.2 Å². The first-order valence-corrected chi connectivity index (χ1v) is 8.64. The molecular weight excluding hydrogens is 314 g/mol. The third-order valence-corrected chi connectivity index (χ3v) is 5.15. The minimum atomic E-state index is -3.62. The first kappa shape index (κ1) is 17.3. The van der Waals surface area contributed by atoms with E-state index in [2.05, 4.69) is 4.72 Å². The van der Waals surface area contributed by atoms with E-state index in [4.69, 9.17) is 9.47 Å². The summed E-state index contributed by atoms with van der Waals surface area (Å²) in [6.07, 6.45) is 0. The lowest BCUT2D eigenvalue weighted by Gasteiger charge is -2.15. The van der Waals surface area contributed by atoms with Crippen molar-refractivity contribution in [1.82, 2.24) is 4.72 Å². The van der Waals surface area contributed by atoms with Gasteiger partial charge in [-0.15, -0.1) is 0 Å². The molecule has 1 N–H and O–H groups in total. The molecule has 0 heterocycles. The predicted molar refractivity (Wildman–Crippen MR) is 89.5 cm³/mol. The molecule has 0 saturated heterocycles. The van der Waals surface area contributed by atoms with E-state index < -0.39 is 10.0 Å². The van der Waals surface area contributed by atoms with Crippen LogP contribution in [0, 0.1) is 13.8 Å². The molecule has 0 aliphatic rings. The van der Waals surface area contributed by atoms with E-state index in [1.54, 1.807) is 37.3 Å². The zero-order chi connectivity index (χ0) is 17.0. The molecule has 0 aliphatic heterocycles. The molecule has 0 aromatic heterocycles. The number of methoxy groups -OCH3 is 2. The summed E-state index contributed by atoms with van der Waals surface area (Å²) in [6.45, 7) is 3.72. The summed E-state index contributed by atoms with van der Waals surface area (Å²) in [5.74, 6) is 1.15. The Balaban J connectivity index is 2.32. The second-order valence-corrected chi connectivity index (χ2v) is 6.97. The van der Waals surface area contributed by atoms with Crippen LogP contribution in [0.4, 0.5) is 0 Å². The van der Waals surface area contributed by atoms with Crippen molar-refractivity contribution >= 4 is 10.0 Å². The van der Waals surface area contributed by atoms with E-state index in [0.29, 0.717) is 22.6 Å². The third kappa shape index (κ3) is 3.83. The zero-order valence-corrected chi connectivity index (χ0v) is 14.5. The van der Waals surface area contributed by atoms with Crippen LogP contribution in [0.15, 0.2) is 41.3 Å². The standard InChI is InChI=1S/C17H21NO4S/c1-12-8-9-13(2)17(10-12)23(19,20)18-11-14-15(21-3)6-5-7-16(14)22-4/h5-10,18H,11H2,1-4H3. The number of rotatable bonds is 6. The number of hydrogen-bond acceptors (Lipinski definition) is 4. The molecule has 0 fully saturated rings. The summed E-state index contributed by atoms with van der Waals surface area (Å²) in [5.41, 5.74) is 2.26. The van der Waals surface area contributed by atoms with Gasteiger partial charge in [0.1, 0.15) is 11.5 Å². The van der Waals surface area contributed by atoms with Gasteiger partial charge in [0, 0.05) is 6.54 Å². The van der Waals surface area contributed by atoms with Gasteiger partial charge in [-0.1, -0.05) is 18.2 Å². The summed E-state index contributed by atoms with van der Waals surface area (Å²) < 4.78 is 38.4. The van der Waals surface area contributed by atoms with Crippen molar-refractivity contribution in [3.8, 4) is 11.5 Å². The normalized spacial score (nSPS) is 11.3. The number of hydrogen-bond donors (Lipinski definition) is 1. The second kappa shape index (κ2) is 7.02. The number of sulfonamides is 1. The van der Waals surface area contributed by atoms with Crippen molar-refractivity contribution in [2.75, 3.05) is 14.2 Å². The van der Waals surface area contributed by atoms with Crippen molar-refractivity contribution in [1.29, 1.82) is 0 Å². The Morgan fingerprint density at radius 2 is 1.61 bits per heavy atom. The quantitative estimate of drug-likeness (QED) is 0.882. The highest BCUT2D eigenvalue weighted by atomic mass is 32.2. The molecule has 0 aliphatic carbocycles. The van der Waals surface area contributed by atoms with Crippen LogP contribution in [0.1, 0.15) is 16.7 Å². The molecular formula is C17H21NO4S. The first-order valence-electron chi connectivity index (χ1n) is 7.16. The average molecular weight is 335 g/mol. The molecule has 0 saturated carbocycles. The van der Waals surface area contributed by atoms with Crippen molar-refractivity contribution in [3.05, 3.63) is 53.1 Å². The van der Waals surface area contributed by atoms with Crippen LogP contribution in [0.5, 0.6) is 11.5 Å². The fraction of sp³-hybridized carbons (Fsp3) is 0.294. The van der Waals surface area contributed by atoms with Crippen molar-refractivity contribution in [2.45, 2.75) is 25.3 Å². The SMILES string of the molecule is COc1cccc(OC)c1CNS(=O)(=O)c1cc(C)ccc1C. The number of aryl methyl sites for hydroxylation is 2. The molecule has 0 atom stereocenters. The summed E-state index contributed by atoms with van der Waals surface area (Å²) in [7, 11) is -0.544. The van der Waals surface area contributed by atoms with Crippen LogP contribution in [-0.4, -0.2) is 22.6 Å². The molecule has 2 rings (SSSR count). The highest BCUT2D eigenvalue weighted by Crippen LogP contribution is 2.28. The van der Waals surface area contributed by atoms with Crippen LogP contribution in [0.3, 0.4) is 0 Å². The van der Waals surface area contributed by atoms with Gasteiger partial charge in [-0.3, -0.25) is 0 Å². The molecule has 2 aromatic rings. The van der Waals surface area contributed by atoms with Crippen LogP contribution < -0.4 is 14.2 Å². The van der Waals surface area contributed by atoms with E-state index in [-0.39, 0.29) is 11.4 Å². The summed E-state index contributed by atoms with van der Waals surface area (Å²) in [6, 6.07) is 10.7. The Morgan fingerprint density at radius 3 is 2.17 bits per heavy atom. The van der Waals surface area contributed by atoms with E-state index in [1.165, 1.54) is 14.2 Å². The highest BCUT2D eigenvalue weighted by molar-refractivity contribution is 7.89. The molecule has 0 bridgehead atoms. The molecule has 0 amide bonds. The van der Waals surface area contributed by atoms with Gasteiger partial charge < -0.3 is 9.47 Å². The number of ether oxygens (including phenoxy) is 2. The molecule has 2 aromatic carbocycles. The predicted octanol–water partition coefficient (Wildman–Crippen LogP) is 2.80. The summed E-state index contributed by atoms with van der Waals surface area (Å²) in [4.78, 5) is 0.284.